The van der Waals surface area contributed by atoms with Gasteiger partial charge in [0.1, 0.15) is 0 Å². The second kappa shape index (κ2) is 5.54. The minimum absolute atomic E-state index is 0.733. The van der Waals surface area contributed by atoms with Crippen LogP contribution < -0.4 is 10.6 Å². The largest absolute Gasteiger partial charge is 0.371 e. The van der Waals surface area contributed by atoms with Gasteiger partial charge >= 0.3 is 0 Å². The van der Waals surface area contributed by atoms with Gasteiger partial charge in [-0.15, -0.1) is 0 Å². The van der Waals surface area contributed by atoms with E-state index in [2.05, 4.69) is 43.0 Å². The summed E-state index contributed by atoms with van der Waals surface area (Å²) in [5.74, 6) is 1.62. The molecule has 1 heterocycles. The molecule has 2 nitrogen and oxygen atoms in total. The number of hydrogen-bond donors (Lipinski definition) is 1. The van der Waals surface area contributed by atoms with Crippen LogP contribution >= 0.6 is 0 Å². The zero-order valence-electron chi connectivity index (χ0n) is 11.0. The van der Waals surface area contributed by atoms with Crippen LogP contribution in [0.3, 0.4) is 0 Å². The summed E-state index contributed by atoms with van der Waals surface area (Å²) in [4.78, 5) is 2.52. The van der Waals surface area contributed by atoms with Crippen LogP contribution in [0.2, 0.25) is 0 Å². The number of hydrogen-bond acceptors (Lipinski definition) is 2. The fourth-order valence-corrected chi connectivity index (χ4v) is 2.91. The number of nitrogens with two attached hydrogens (primary N) is 1. The highest BCUT2D eigenvalue weighted by Gasteiger charge is 2.21. The highest BCUT2D eigenvalue weighted by Crippen LogP contribution is 2.26. The van der Waals surface area contributed by atoms with E-state index in [9.17, 15) is 0 Å². The van der Waals surface area contributed by atoms with Crippen LogP contribution in [-0.2, 0) is 6.42 Å². The molecule has 2 rings (SSSR count). The summed E-state index contributed by atoms with van der Waals surface area (Å²) >= 11 is 0. The van der Waals surface area contributed by atoms with E-state index in [-0.39, 0.29) is 0 Å². The quantitative estimate of drug-likeness (QED) is 0.868. The van der Waals surface area contributed by atoms with Crippen molar-refractivity contribution in [3.8, 4) is 0 Å². The molecule has 1 aliphatic rings. The molecule has 0 saturated carbocycles. The molecule has 0 radical (unpaired) electrons. The Kier molecular flexibility index (Phi) is 4.06. The first kappa shape index (κ1) is 12.4. The molecule has 1 aliphatic heterocycles. The predicted octanol–water partition coefficient (Wildman–Crippen LogP) is 2.67. The third kappa shape index (κ3) is 3.22. The summed E-state index contributed by atoms with van der Waals surface area (Å²) < 4.78 is 0. The monoisotopic (exact) mass is 232 g/mol. The van der Waals surface area contributed by atoms with E-state index in [0.717, 1.165) is 24.8 Å². The van der Waals surface area contributed by atoms with Crippen molar-refractivity contribution in [2.24, 2.45) is 17.6 Å². The number of anilines is 1. The molecule has 2 atom stereocenters. The Morgan fingerprint density at radius 2 is 1.71 bits per heavy atom. The van der Waals surface area contributed by atoms with E-state index < -0.39 is 0 Å². The van der Waals surface area contributed by atoms with Crippen LogP contribution in [0, 0.1) is 11.8 Å². The minimum Gasteiger partial charge on any atom is -0.371 e. The molecule has 1 saturated heterocycles. The van der Waals surface area contributed by atoms with Crippen molar-refractivity contribution < 1.29 is 0 Å². The molecule has 1 fully saturated rings. The fourth-order valence-electron chi connectivity index (χ4n) is 2.91. The number of piperidine rings is 1. The fraction of sp³-hybridized carbons (Fsp3) is 0.600. The molecule has 0 bridgehead atoms. The van der Waals surface area contributed by atoms with Crippen LogP contribution in [0.25, 0.3) is 0 Å². The van der Waals surface area contributed by atoms with Crippen molar-refractivity contribution in [3.05, 3.63) is 29.8 Å². The van der Waals surface area contributed by atoms with Crippen molar-refractivity contribution >= 4 is 5.69 Å². The van der Waals surface area contributed by atoms with Crippen molar-refractivity contribution in [2.75, 3.05) is 24.5 Å². The summed E-state index contributed by atoms with van der Waals surface area (Å²) in [5.41, 5.74) is 8.27. The Hall–Kier alpha value is -1.02. The van der Waals surface area contributed by atoms with Crippen molar-refractivity contribution in [1.29, 1.82) is 0 Å². The number of nitrogens with zero attached hydrogens (tertiary/aromatic N) is 1. The average Bonchev–Trinajstić information content (AvgIpc) is 2.29. The van der Waals surface area contributed by atoms with E-state index in [4.69, 9.17) is 5.73 Å². The van der Waals surface area contributed by atoms with Gasteiger partial charge in [-0.3, -0.25) is 0 Å². The molecule has 2 unspecified atom stereocenters. The minimum atomic E-state index is 0.733. The van der Waals surface area contributed by atoms with Crippen molar-refractivity contribution in [3.63, 3.8) is 0 Å². The van der Waals surface area contributed by atoms with Gasteiger partial charge in [-0.25, -0.2) is 0 Å². The van der Waals surface area contributed by atoms with E-state index in [0.29, 0.717) is 0 Å². The lowest BCUT2D eigenvalue weighted by Gasteiger charge is -2.36. The van der Waals surface area contributed by atoms with Crippen LogP contribution in [0.15, 0.2) is 24.3 Å². The smallest absolute Gasteiger partial charge is 0.0366 e. The zero-order chi connectivity index (χ0) is 12.3. The highest BCUT2D eigenvalue weighted by molar-refractivity contribution is 5.48. The third-order valence-electron chi connectivity index (χ3n) is 3.60. The first-order valence-corrected chi connectivity index (χ1v) is 6.73. The first-order chi connectivity index (χ1) is 8.19. The summed E-state index contributed by atoms with van der Waals surface area (Å²) in [7, 11) is 0. The molecular formula is C15H24N2. The maximum Gasteiger partial charge on any atom is 0.0366 e. The summed E-state index contributed by atoms with van der Waals surface area (Å²) in [5, 5.41) is 0. The lowest BCUT2D eigenvalue weighted by molar-refractivity contribution is 0.357. The van der Waals surface area contributed by atoms with Gasteiger partial charge < -0.3 is 10.6 Å². The molecule has 1 aromatic rings. The Labute approximate surface area is 105 Å². The highest BCUT2D eigenvalue weighted by atomic mass is 15.1. The zero-order valence-corrected chi connectivity index (χ0v) is 11.0. The summed E-state index contributed by atoms with van der Waals surface area (Å²) in [6.45, 7) is 7.83. The molecular weight excluding hydrogens is 208 g/mol. The molecule has 2 heteroatoms. The van der Waals surface area contributed by atoms with Gasteiger partial charge in [0.2, 0.25) is 0 Å². The van der Waals surface area contributed by atoms with Gasteiger partial charge in [0.05, 0.1) is 0 Å². The molecule has 2 N–H and O–H groups in total. The lowest BCUT2D eigenvalue weighted by Crippen LogP contribution is -2.38. The molecule has 0 spiro atoms. The van der Waals surface area contributed by atoms with Gasteiger partial charge in [-0.1, -0.05) is 26.0 Å². The van der Waals surface area contributed by atoms with Crippen LogP contribution in [0.1, 0.15) is 25.8 Å². The van der Waals surface area contributed by atoms with E-state index in [1.54, 1.807) is 0 Å². The predicted molar refractivity (Wildman–Crippen MR) is 74.4 cm³/mol. The summed E-state index contributed by atoms with van der Waals surface area (Å²) in [6.07, 6.45) is 2.34. The third-order valence-corrected chi connectivity index (χ3v) is 3.60. The van der Waals surface area contributed by atoms with Gasteiger partial charge in [0.15, 0.2) is 0 Å². The normalized spacial score (nSPS) is 25.0. The Bertz CT molecular complexity index is 334. The Morgan fingerprint density at radius 1 is 1.12 bits per heavy atom. The van der Waals surface area contributed by atoms with Gasteiger partial charge in [0, 0.05) is 18.8 Å². The van der Waals surface area contributed by atoms with Crippen LogP contribution in [0.4, 0.5) is 5.69 Å². The van der Waals surface area contributed by atoms with Crippen LogP contribution in [-0.4, -0.2) is 19.6 Å². The standard InChI is InChI=1S/C15H24N2/c1-12-9-13(2)11-17(10-12)15-5-3-14(4-6-15)7-8-16/h3-6,12-13H,7-11,16H2,1-2H3. The Balaban J connectivity index is 2.06. The molecule has 1 aromatic carbocycles. The molecule has 94 valence electrons. The maximum absolute atomic E-state index is 5.57. The molecule has 0 aromatic heterocycles. The van der Waals surface area contributed by atoms with Crippen molar-refractivity contribution in [1.82, 2.24) is 0 Å². The van der Waals surface area contributed by atoms with Gasteiger partial charge in [0.25, 0.3) is 0 Å². The Morgan fingerprint density at radius 3 is 2.24 bits per heavy atom. The van der Waals surface area contributed by atoms with Crippen molar-refractivity contribution in [2.45, 2.75) is 26.7 Å². The van der Waals surface area contributed by atoms with Gasteiger partial charge in [-0.2, -0.15) is 0 Å². The molecule has 0 amide bonds. The SMILES string of the molecule is CC1CC(C)CN(c2ccc(CCN)cc2)C1. The summed E-state index contributed by atoms with van der Waals surface area (Å²) in [6, 6.07) is 8.92. The molecule has 17 heavy (non-hydrogen) atoms. The average molecular weight is 232 g/mol. The molecule has 0 aliphatic carbocycles. The van der Waals surface area contributed by atoms with Crippen LogP contribution in [0.5, 0.6) is 0 Å². The van der Waals surface area contributed by atoms with E-state index in [1.165, 1.54) is 30.8 Å². The number of benzene rings is 1. The van der Waals surface area contributed by atoms with E-state index >= 15 is 0 Å². The van der Waals surface area contributed by atoms with Gasteiger partial charge in [-0.05, 0) is 48.9 Å². The second-order valence-corrected chi connectivity index (χ2v) is 5.56. The second-order valence-electron chi connectivity index (χ2n) is 5.56. The number of rotatable bonds is 3. The topological polar surface area (TPSA) is 29.3 Å². The maximum atomic E-state index is 5.57. The lowest BCUT2D eigenvalue weighted by atomic mass is 9.91. The van der Waals surface area contributed by atoms with E-state index in [1.807, 2.05) is 0 Å². The first-order valence-electron chi connectivity index (χ1n) is 6.73.